The van der Waals surface area contributed by atoms with Crippen molar-refractivity contribution < 1.29 is 139 Å². The van der Waals surface area contributed by atoms with Crippen molar-refractivity contribution in [3.63, 3.8) is 0 Å². The smallest absolute Gasteiger partial charge is 0.220 e. The highest BCUT2D eigenvalue weighted by Crippen LogP contribution is 2.37. The summed E-state index contributed by atoms with van der Waals surface area (Å²) in [5.41, 5.74) is 0. The van der Waals surface area contributed by atoms with Gasteiger partial charge >= 0.3 is 0 Å². The molecule has 2 amide bonds. The monoisotopic (exact) mass is 1500 g/mol. The molecule has 5 rings (SSSR count). The van der Waals surface area contributed by atoms with Gasteiger partial charge in [0.15, 0.2) is 31.5 Å². The minimum atomic E-state index is -2.14. The number of amides is 2. The Morgan fingerprint density at radius 2 is 0.712 bits per heavy atom. The summed E-state index contributed by atoms with van der Waals surface area (Å²) in [5.74, 6) is -1.14. The maximum Gasteiger partial charge on any atom is 0.220 e. The van der Waals surface area contributed by atoms with Crippen LogP contribution in [0, 0.1) is 0 Å². The average molecular weight is 1500 g/mol. The number of rotatable bonds is 54. The third-order valence-electron chi connectivity index (χ3n) is 20.7. The highest BCUT2D eigenvalue weighted by atomic mass is 16.8. The van der Waals surface area contributed by atoms with E-state index in [9.17, 15) is 91.3 Å². The number of carbonyl (C=O) groups excluding carboxylic acids is 2. The van der Waals surface area contributed by atoms with Crippen LogP contribution in [0.2, 0.25) is 0 Å². The van der Waals surface area contributed by atoms with E-state index in [-0.39, 0.29) is 12.3 Å². The van der Waals surface area contributed by atoms with Crippen molar-refractivity contribution in [3.8, 4) is 0 Å². The standard InChI is InChI=1S/C74H136N2O28/c1-4-6-8-10-12-14-16-18-19-20-21-22-23-24-25-27-29-31-33-35-37-39-54(84)76-47(48(83)38-36-34-32-30-28-26-17-15-13-11-9-7-5-2)45-95-71-63(92)60(89)67(52(43-80)99-71)103-74-65(94)69(57(86)50(41-78)97-74)104-70-55(75-46(3)82)58(87)66(51(42-79)98-70)101-73-64(93)61(90)68(53(44-81)100-73)102-72-62(91)59(88)56(85)49(40-77)96-72/h36,38,47-53,55-74,77-81,83,85-94H,4-35,37,39-45H2,1-3H3,(H,75,82)(H,76,84)/b38-36+/t47-,48+,49?,50?,51?,52?,53?,55?,56-,57-,58+,59-,60+,61+,62?,63?,64?,65?,66+,67+,68-,69-,70-,71+,72-,73-,74-/m0/s1. The molecule has 5 heterocycles. The maximum absolute atomic E-state index is 13.5. The second-order valence-corrected chi connectivity index (χ2v) is 29.2. The molecule has 0 spiro atoms. The van der Waals surface area contributed by atoms with Gasteiger partial charge in [0.2, 0.25) is 11.8 Å². The van der Waals surface area contributed by atoms with Crippen molar-refractivity contribution in [2.24, 2.45) is 0 Å². The predicted octanol–water partition coefficient (Wildman–Crippen LogP) is 1.95. The zero-order valence-electron chi connectivity index (χ0n) is 62.1. The predicted molar refractivity (Wildman–Crippen MR) is 377 cm³/mol. The van der Waals surface area contributed by atoms with Gasteiger partial charge in [-0.2, -0.15) is 0 Å². The number of hydrogen-bond acceptors (Lipinski definition) is 28. The fraction of sp³-hybridized carbons (Fsp3) is 0.946. The zero-order chi connectivity index (χ0) is 75.9. The summed E-state index contributed by atoms with van der Waals surface area (Å²) in [6.45, 7) is 0.407. The summed E-state index contributed by atoms with van der Waals surface area (Å²) in [7, 11) is 0. The molecule has 0 aliphatic carbocycles. The Balaban J connectivity index is 1.15. The van der Waals surface area contributed by atoms with Crippen molar-refractivity contribution in [2.45, 2.75) is 405 Å². The van der Waals surface area contributed by atoms with Crippen LogP contribution in [0.1, 0.15) is 239 Å². The van der Waals surface area contributed by atoms with Crippen LogP contribution in [0.5, 0.6) is 0 Å². The fourth-order valence-electron chi connectivity index (χ4n) is 14.3. The Hall–Kier alpha value is -2.36. The van der Waals surface area contributed by atoms with E-state index in [0.29, 0.717) is 12.8 Å². The Kier molecular flexibility index (Phi) is 46.1. The first kappa shape index (κ1) is 92.2. The molecule has 610 valence electrons. The van der Waals surface area contributed by atoms with Gasteiger partial charge in [0, 0.05) is 13.3 Å². The van der Waals surface area contributed by atoms with Crippen molar-refractivity contribution >= 4 is 11.8 Å². The Labute approximate surface area is 615 Å². The highest BCUT2D eigenvalue weighted by molar-refractivity contribution is 5.76. The first-order valence-electron chi connectivity index (χ1n) is 39.5. The van der Waals surface area contributed by atoms with Gasteiger partial charge in [-0.25, -0.2) is 0 Å². The molecule has 30 heteroatoms. The lowest BCUT2D eigenvalue weighted by Gasteiger charge is -2.50. The summed E-state index contributed by atoms with van der Waals surface area (Å²) in [6.07, 6.45) is -2.58. The largest absolute Gasteiger partial charge is 0.394 e. The van der Waals surface area contributed by atoms with Crippen molar-refractivity contribution in [3.05, 3.63) is 12.2 Å². The molecule has 0 radical (unpaired) electrons. The highest BCUT2D eigenvalue weighted by Gasteiger charge is 2.57. The Bertz CT molecular complexity index is 2250. The quantitative estimate of drug-likeness (QED) is 0.0306. The molecule has 10 unspecified atom stereocenters. The molecule has 5 aliphatic heterocycles. The number of allylic oxidation sites excluding steroid dienone is 1. The molecule has 0 bridgehead atoms. The topological polar surface area (TPSA) is 474 Å². The van der Waals surface area contributed by atoms with Crippen molar-refractivity contribution in [1.29, 1.82) is 0 Å². The number of ether oxygens (including phenoxy) is 10. The molecule has 0 aromatic carbocycles. The van der Waals surface area contributed by atoms with Crippen LogP contribution in [0.4, 0.5) is 0 Å². The molecule has 0 saturated carbocycles. The van der Waals surface area contributed by atoms with E-state index >= 15 is 0 Å². The number of carbonyl (C=O) groups is 2. The minimum Gasteiger partial charge on any atom is -0.394 e. The number of hydrogen-bond donors (Lipinski definition) is 18. The second kappa shape index (κ2) is 52.0. The minimum absolute atomic E-state index is 0.195. The third kappa shape index (κ3) is 30.4. The summed E-state index contributed by atoms with van der Waals surface area (Å²) in [6, 6.07) is -2.80. The van der Waals surface area contributed by atoms with Crippen molar-refractivity contribution in [1.82, 2.24) is 10.6 Å². The van der Waals surface area contributed by atoms with E-state index in [1.165, 1.54) is 154 Å². The summed E-state index contributed by atoms with van der Waals surface area (Å²) in [4.78, 5) is 26.3. The van der Waals surface area contributed by atoms with Crippen LogP contribution in [-0.4, -0.2) is 299 Å². The molecule has 30 nitrogen and oxygen atoms in total. The van der Waals surface area contributed by atoms with E-state index < -0.39 is 211 Å². The Morgan fingerprint density at radius 1 is 0.375 bits per heavy atom. The fourth-order valence-corrected chi connectivity index (χ4v) is 14.3. The van der Waals surface area contributed by atoms with Crippen molar-refractivity contribution in [2.75, 3.05) is 39.6 Å². The second-order valence-electron chi connectivity index (χ2n) is 29.2. The first-order chi connectivity index (χ1) is 50.2. The molecule has 5 aliphatic rings. The lowest BCUT2D eigenvalue weighted by Crippen LogP contribution is -2.70. The van der Waals surface area contributed by atoms with E-state index in [4.69, 9.17) is 47.4 Å². The number of unbranched alkanes of at least 4 members (excludes halogenated alkanes) is 31. The zero-order valence-corrected chi connectivity index (χ0v) is 62.1. The van der Waals surface area contributed by atoms with E-state index in [2.05, 4.69) is 24.5 Å². The van der Waals surface area contributed by atoms with Crippen LogP contribution in [-0.2, 0) is 57.0 Å². The van der Waals surface area contributed by atoms with E-state index in [1.54, 1.807) is 6.08 Å². The Morgan fingerprint density at radius 3 is 1.13 bits per heavy atom. The number of aliphatic hydroxyl groups excluding tert-OH is 16. The summed E-state index contributed by atoms with van der Waals surface area (Å²) >= 11 is 0. The number of aliphatic hydroxyl groups is 16. The van der Waals surface area contributed by atoms with E-state index in [0.717, 1.165) is 51.9 Å². The van der Waals surface area contributed by atoms with Gasteiger partial charge in [0.1, 0.15) is 122 Å². The van der Waals surface area contributed by atoms with Gasteiger partial charge in [-0.3, -0.25) is 9.59 Å². The van der Waals surface area contributed by atoms with Gasteiger partial charge in [-0.15, -0.1) is 0 Å². The lowest BCUT2D eigenvalue weighted by molar-refractivity contribution is -0.386. The molecule has 18 N–H and O–H groups in total. The van der Waals surface area contributed by atoms with Gasteiger partial charge in [-0.1, -0.05) is 219 Å². The molecule has 104 heavy (non-hydrogen) atoms. The molecule has 0 aromatic rings. The summed E-state index contributed by atoms with van der Waals surface area (Å²) < 4.78 is 58.3. The molecular weight excluding hydrogens is 1360 g/mol. The lowest BCUT2D eigenvalue weighted by atomic mass is 9.94. The summed E-state index contributed by atoms with van der Waals surface area (Å²) in [5, 5.41) is 181. The van der Waals surface area contributed by atoms with Gasteiger partial charge in [0.05, 0.1) is 51.8 Å². The third-order valence-corrected chi connectivity index (χ3v) is 20.7. The molecule has 5 fully saturated rings. The molecule has 0 aromatic heterocycles. The van der Waals surface area contributed by atoms with Crippen LogP contribution in [0.15, 0.2) is 12.2 Å². The molecule has 27 atom stereocenters. The van der Waals surface area contributed by atoms with Crippen LogP contribution >= 0.6 is 0 Å². The van der Waals surface area contributed by atoms with Gasteiger partial charge in [-0.05, 0) is 19.3 Å². The maximum atomic E-state index is 13.5. The first-order valence-corrected chi connectivity index (χ1v) is 39.5. The van der Waals surface area contributed by atoms with Crippen LogP contribution in [0.3, 0.4) is 0 Å². The molecular formula is C74H136N2O28. The van der Waals surface area contributed by atoms with Gasteiger partial charge in [0.25, 0.3) is 0 Å². The normalized spacial score (nSPS) is 34.7. The number of nitrogens with one attached hydrogen (secondary N) is 2. The van der Waals surface area contributed by atoms with Gasteiger partial charge < -0.3 is 140 Å². The average Bonchev–Trinajstić information content (AvgIpc) is 0.776. The van der Waals surface area contributed by atoms with E-state index in [1.807, 2.05) is 6.08 Å². The SMILES string of the molecule is CCCCCCCCCCCCC/C=C/[C@@H](O)[C@H](CO[C@@H]1OC(CO)[C@@H](O[C@@H]2OC(CO)[C@H](O)[C@H](O[C@@H]3OC(CO)[C@@H](O[C@@H]4OC(CO)[C@H](O[C@@H]5OC(CO)[C@H](O)[C@H](O)C5O)[C@H](O)C4O)[C@H](O)C3NC(C)=O)C2O)[C@H](O)C1O)NC(=O)CCCCCCCCCCCCCCCCCCCCCCC. The molecule has 5 saturated heterocycles. The van der Waals surface area contributed by atoms with Crippen LogP contribution in [0.25, 0.3) is 0 Å². The van der Waals surface area contributed by atoms with Crippen LogP contribution < -0.4 is 10.6 Å².